The van der Waals surface area contributed by atoms with E-state index in [0.717, 1.165) is 51.2 Å². The van der Waals surface area contributed by atoms with E-state index in [1.165, 1.54) is 11.1 Å². The highest BCUT2D eigenvalue weighted by molar-refractivity contribution is 5.92. The van der Waals surface area contributed by atoms with Crippen LogP contribution in [0.5, 0.6) is 0 Å². The molecule has 2 aliphatic heterocycles. The van der Waals surface area contributed by atoms with Crippen LogP contribution in [0, 0.1) is 17.8 Å². The summed E-state index contributed by atoms with van der Waals surface area (Å²) in [6, 6.07) is 8.36. The van der Waals surface area contributed by atoms with Crippen LogP contribution >= 0.6 is 0 Å². The highest BCUT2D eigenvalue weighted by Gasteiger charge is 2.51. The van der Waals surface area contributed by atoms with Gasteiger partial charge in [0.15, 0.2) is 0 Å². The first-order chi connectivity index (χ1) is 11.6. The molecule has 1 aromatic rings. The van der Waals surface area contributed by atoms with Crippen molar-refractivity contribution in [1.82, 2.24) is 9.80 Å². The number of likely N-dealkylation sites (tertiary alicyclic amines) is 1. The lowest BCUT2D eigenvalue weighted by atomic mass is 9.98. The Hall–Kier alpha value is -1.84. The number of carbonyl (C=O) groups excluding carboxylic acids is 2. The molecule has 4 heteroatoms. The van der Waals surface area contributed by atoms with E-state index in [-0.39, 0.29) is 23.7 Å². The zero-order chi connectivity index (χ0) is 16.7. The molecule has 2 amide bonds. The number of fused-ring (bicyclic) bond motifs is 1. The quantitative estimate of drug-likeness (QED) is 0.838. The van der Waals surface area contributed by atoms with Gasteiger partial charge in [0.1, 0.15) is 0 Å². The van der Waals surface area contributed by atoms with Crippen molar-refractivity contribution in [3.63, 3.8) is 0 Å². The van der Waals surface area contributed by atoms with Gasteiger partial charge in [0.05, 0.1) is 11.8 Å². The van der Waals surface area contributed by atoms with E-state index in [2.05, 4.69) is 25.1 Å². The highest BCUT2D eigenvalue weighted by atomic mass is 16.2. The molecule has 0 spiro atoms. The molecule has 4 rings (SSSR count). The van der Waals surface area contributed by atoms with Crippen LogP contribution in [0.25, 0.3) is 0 Å². The fourth-order valence-electron chi connectivity index (χ4n) is 4.12. The van der Waals surface area contributed by atoms with Crippen LogP contribution in [-0.4, -0.2) is 41.2 Å². The molecule has 1 saturated heterocycles. The second kappa shape index (κ2) is 6.23. The Labute approximate surface area is 143 Å². The van der Waals surface area contributed by atoms with E-state index in [1.54, 1.807) is 0 Å². The normalized spacial score (nSPS) is 26.9. The SMILES string of the molecule is CC1CCN(C(=O)C2CC2C(=O)N2CCc3ccccc3C2)CC1. The lowest BCUT2D eigenvalue weighted by Crippen LogP contribution is -2.41. The summed E-state index contributed by atoms with van der Waals surface area (Å²) in [4.78, 5) is 29.3. The van der Waals surface area contributed by atoms with Gasteiger partial charge in [-0.25, -0.2) is 0 Å². The maximum Gasteiger partial charge on any atom is 0.226 e. The minimum atomic E-state index is -0.0675. The summed E-state index contributed by atoms with van der Waals surface area (Å²) in [6.45, 7) is 5.48. The third kappa shape index (κ3) is 2.94. The van der Waals surface area contributed by atoms with Crippen molar-refractivity contribution >= 4 is 11.8 Å². The first kappa shape index (κ1) is 15.7. The molecule has 128 valence electrons. The van der Waals surface area contributed by atoms with E-state index in [1.807, 2.05) is 15.9 Å². The first-order valence-electron chi connectivity index (χ1n) is 9.28. The predicted molar refractivity (Wildman–Crippen MR) is 92.1 cm³/mol. The number of amides is 2. The van der Waals surface area contributed by atoms with Crippen molar-refractivity contribution in [2.45, 2.75) is 39.2 Å². The highest BCUT2D eigenvalue weighted by Crippen LogP contribution is 2.42. The van der Waals surface area contributed by atoms with Crippen molar-refractivity contribution in [3.05, 3.63) is 35.4 Å². The number of piperidine rings is 1. The van der Waals surface area contributed by atoms with Crippen molar-refractivity contribution < 1.29 is 9.59 Å². The summed E-state index contributed by atoms with van der Waals surface area (Å²) < 4.78 is 0. The van der Waals surface area contributed by atoms with Crippen LogP contribution in [0.3, 0.4) is 0 Å². The van der Waals surface area contributed by atoms with Gasteiger partial charge in [-0.1, -0.05) is 31.2 Å². The van der Waals surface area contributed by atoms with E-state index >= 15 is 0 Å². The van der Waals surface area contributed by atoms with Crippen LogP contribution in [0.2, 0.25) is 0 Å². The van der Waals surface area contributed by atoms with Crippen LogP contribution in [0.15, 0.2) is 24.3 Å². The molecule has 2 atom stereocenters. The molecular formula is C20H26N2O2. The Kier molecular flexibility index (Phi) is 4.07. The number of hydrogen-bond donors (Lipinski definition) is 0. The van der Waals surface area contributed by atoms with Crippen molar-refractivity contribution in [2.24, 2.45) is 17.8 Å². The average molecular weight is 326 g/mol. The molecule has 1 aromatic carbocycles. The third-order valence-electron chi connectivity index (χ3n) is 5.96. The number of benzene rings is 1. The molecule has 0 aromatic heterocycles. The number of nitrogens with zero attached hydrogens (tertiary/aromatic N) is 2. The Balaban J connectivity index is 1.35. The van der Waals surface area contributed by atoms with Crippen LogP contribution in [0.4, 0.5) is 0 Å². The minimum Gasteiger partial charge on any atom is -0.342 e. The Morgan fingerprint density at radius 3 is 2.25 bits per heavy atom. The van der Waals surface area contributed by atoms with Gasteiger partial charge in [0.25, 0.3) is 0 Å². The summed E-state index contributed by atoms with van der Waals surface area (Å²) in [7, 11) is 0. The molecule has 0 N–H and O–H groups in total. The third-order valence-corrected chi connectivity index (χ3v) is 5.96. The fourth-order valence-corrected chi connectivity index (χ4v) is 4.12. The largest absolute Gasteiger partial charge is 0.342 e. The first-order valence-corrected chi connectivity index (χ1v) is 9.28. The molecule has 4 nitrogen and oxygen atoms in total. The van der Waals surface area contributed by atoms with E-state index < -0.39 is 0 Å². The average Bonchev–Trinajstić information content (AvgIpc) is 3.41. The van der Waals surface area contributed by atoms with Gasteiger partial charge >= 0.3 is 0 Å². The predicted octanol–water partition coefficient (Wildman–Crippen LogP) is 2.47. The lowest BCUT2D eigenvalue weighted by molar-refractivity contribution is -0.139. The van der Waals surface area contributed by atoms with Crippen LogP contribution in [0.1, 0.15) is 37.3 Å². The van der Waals surface area contributed by atoms with Gasteiger partial charge < -0.3 is 9.80 Å². The molecule has 0 radical (unpaired) electrons. The fraction of sp³-hybridized carbons (Fsp3) is 0.600. The second-order valence-electron chi connectivity index (χ2n) is 7.73. The summed E-state index contributed by atoms with van der Waals surface area (Å²) in [5, 5.41) is 0. The van der Waals surface area contributed by atoms with E-state index in [0.29, 0.717) is 6.54 Å². The zero-order valence-electron chi connectivity index (χ0n) is 14.4. The monoisotopic (exact) mass is 326 g/mol. The van der Waals surface area contributed by atoms with Gasteiger partial charge in [-0.05, 0) is 42.7 Å². The van der Waals surface area contributed by atoms with Crippen LogP contribution < -0.4 is 0 Å². The zero-order valence-corrected chi connectivity index (χ0v) is 14.4. The van der Waals surface area contributed by atoms with Gasteiger partial charge in [-0.15, -0.1) is 0 Å². The maximum atomic E-state index is 12.8. The van der Waals surface area contributed by atoms with E-state index in [9.17, 15) is 9.59 Å². The number of rotatable bonds is 2. The Bertz CT molecular complexity index is 649. The molecule has 3 aliphatic rings. The molecule has 24 heavy (non-hydrogen) atoms. The Morgan fingerprint density at radius 1 is 0.917 bits per heavy atom. The van der Waals surface area contributed by atoms with Gasteiger partial charge in [-0.3, -0.25) is 9.59 Å². The van der Waals surface area contributed by atoms with Gasteiger partial charge in [0, 0.05) is 26.2 Å². The topological polar surface area (TPSA) is 40.6 Å². The Morgan fingerprint density at radius 2 is 1.54 bits per heavy atom. The van der Waals surface area contributed by atoms with Gasteiger partial charge in [-0.2, -0.15) is 0 Å². The molecule has 1 saturated carbocycles. The molecule has 2 fully saturated rings. The number of hydrogen-bond acceptors (Lipinski definition) is 2. The lowest BCUT2D eigenvalue weighted by Gasteiger charge is -2.31. The van der Waals surface area contributed by atoms with Crippen molar-refractivity contribution in [2.75, 3.05) is 19.6 Å². The van der Waals surface area contributed by atoms with Crippen LogP contribution in [-0.2, 0) is 22.6 Å². The molecule has 0 bridgehead atoms. The smallest absolute Gasteiger partial charge is 0.226 e. The molecule has 2 heterocycles. The maximum absolute atomic E-state index is 12.8. The van der Waals surface area contributed by atoms with E-state index in [4.69, 9.17) is 0 Å². The number of carbonyl (C=O) groups is 2. The van der Waals surface area contributed by atoms with Gasteiger partial charge in [0.2, 0.25) is 11.8 Å². The summed E-state index contributed by atoms with van der Waals surface area (Å²) in [5.41, 5.74) is 2.61. The molecule has 2 unspecified atom stereocenters. The molecular weight excluding hydrogens is 300 g/mol. The summed E-state index contributed by atoms with van der Waals surface area (Å²) >= 11 is 0. The summed E-state index contributed by atoms with van der Waals surface area (Å²) in [6.07, 6.45) is 3.87. The molecule has 1 aliphatic carbocycles. The van der Waals surface area contributed by atoms with Crippen molar-refractivity contribution in [1.29, 1.82) is 0 Å². The minimum absolute atomic E-state index is 0.0527. The summed E-state index contributed by atoms with van der Waals surface area (Å²) in [5.74, 6) is 1.01. The van der Waals surface area contributed by atoms with Crippen molar-refractivity contribution in [3.8, 4) is 0 Å². The standard InChI is InChI=1S/C20H26N2O2/c1-14-6-9-21(10-7-14)19(23)17-12-18(17)20(24)22-11-8-15-4-2-3-5-16(15)13-22/h2-5,14,17-18H,6-13H2,1H3. The second-order valence-corrected chi connectivity index (χ2v) is 7.73.